The van der Waals surface area contributed by atoms with E-state index in [-0.39, 0.29) is 6.10 Å². The molecule has 0 spiro atoms. The van der Waals surface area contributed by atoms with Crippen LogP contribution in [0.5, 0.6) is 0 Å². The highest BCUT2D eigenvalue weighted by Gasteiger charge is 2.40. The molecule has 0 aromatic carbocycles. The van der Waals surface area contributed by atoms with Crippen molar-refractivity contribution < 1.29 is 4.74 Å². The van der Waals surface area contributed by atoms with Crippen LogP contribution in [0.4, 0.5) is 5.82 Å². The van der Waals surface area contributed by atoms with Crippen LogP contribution in [0.3, 0.4) is 0 Å². The number of fused-ring (bicyclic) bond motifs is 1. The van der Waals surface area contributed by atoms with Crippen molar-refractivity contribution in [2.75, 3.05) is 31.1 Å². The number of aromatic nitrogens is 4. The van der Waals surface area contributed by atoms with E-state index in [1.165, 1.54) is 0 Å². The van der Waals surface area contributed by atoms with Crippen LogP contribution in [0.15, 0.2) is 30.9 Å². The largest absolute Gasteiger partial charge is 0.373 e. The minimum Gasteiger partial charge on any atom is -0.373 e. The van der Waals surface area contributed by atoms with Gasteiger partial charge in [0.2, 0.25) is 0 Å². The number of H-pyrrole nitrogens is 1. The van der Waals surface area contributed by atoms with Crippen LogP contribution in [-0.4, -0.2) is 63.5 Å². The standard InChI is InChI=1S/C14H18N6O/c1-2-17-18-11(1)8-19-9-12-13(10-19)21-6-5-20(12)14-7-15-3-4-16-14/h1-4,7,12-13H,5-6,8-10H2,(H,17,18)/t12-,13+/m1/s1. The SMILES string of the molecule is c1cnc(N2CCO[C@H]3CN(Cc4ccn[nH]4)C[C@H]32)cn1. The van der Waals surface area contributed by atoms with Gasteiger partial charge in [-0.25, -0.2) is 4.98 Å². The second-order valence-corrected chi connectivity index (χ2v) is 5.51. The Bertz CT molecular complexity index is 574. The predicted molar refractivity (Wildman–Crippen MR) is 76.8 cm³/mol. The zero-order chi connectivity index (χ0) is 14.1. The van der Waals surface area contributed by atoms with Gasteiger partial charge in [0.05, 0.1) is 24.9 Å². The Balaban J connectivity index is 1.50. The molecule has 7 nitrogen and oxygen atoms in total. The third kappa shape index (κ3) is 2.50. The van der Waals surface area contributed by atoms with Gasteiger partial charge in [-0.1, -0.05) is 0 Å². The minimum absolute atomic E-state index is 0.240. The van der Waals surface area contributed by atoms with Gasteiger partial charge in [-0.05, 0) is 6.07 Å². The summed E-state index contributed by atoms with van der Waals surface area (Å²) in [5.41, 5.74) is 1.14. The molecule has 0 unspecified atom stereocenters. The summed E-state index contributed by atoms with van der Waals surface area (Å²) in [5, 5.41) is 7.03. The molecule has 4 rings (SSSR count). The maximum absolute atomic E-state index is 5.95. The zero-order valence-electron chi connectivity index (χ0n) is 11.7. The number of aromatic amines is 1. The first-order chi connectivity index (χ1) is 10.4. The van der Waals surface area contributed by atoms with E-state index in [9.17, 15) is 0 Å². The van der Waals surface area contributed by atoms with Crippen molar-refractivity contribution in [1.82, 2.24) is 25.1 Å². The van der Waals surface area contributed by atoms with Gasteiger partial charge in [0.25, 0.3) is 0 Å². The average molecular weight is 286 g/mol. The summed E-state index contributed by atoms with van der Waals surface area (Å²) in [4.78, 5) is 13.3. The van der Waals surface area contributed by atoms with Crippen molar-refractivity contribution in [3.05, 3.63) is 36.5 Å². The van der Waals surface area contributed by atoms with Gasteiger partial charge in [0, 0.05) is 50.5 Å². The summed E-state index contributed by atoms with van der Waals surface area (Å²) in [6, 6.07) is 2.36. The van der Waals surface area contributed by atoms with Crippen LogP contribution in [-0.2, 0) is 11.3 Å². The molecule has 7 heteroatoms. The first-order valence-corrected chi connectivity index (χ1v) is 7.25. The molecule has 0 saturated carbocycles. The molecule has 2 aromatic rings. The molecular weight excluding hydrogens is 268 g/mol. The number of likely N-dealkylation sites (tertiary alicyclic amines) is 1. The van der Waals surface area contributed by atoms with Crippen molar-refractivity contribution in [1.29, 1.82) is 0 Å². The third-order valence-electron chi connectivity index (χ3n) is 4.17. The lowest BCUT2D eigenvalue weighted by Crippen LogP contribution is -2.51. The fraction of sp³-hybridized carbons (Fsp3) is 0.500. The Kier molecular flexibility index (Phi) is 3.28. The summed E-state index contributed by atoms with van der Waals surface area (Å²) in [6.45, 7) is 4.42. The molecule has 0 aliphatic carbocycles. The summed E-state index contributed by atoms with van der Waals surface area (Å²) < 4.78 is 5.95. The molecule has 2 fully saturated rings. The lowest BCUT2D eigenvalue weighted by atomic mass is 10.1. The van der Waals surface area contributed by atoms with Crippen molar-refractivity contribution >= 4 is 5.82 Å². The van der Waals surface area contributed by atoms with Crippen LogP contribution < -0.4 is 4.90 Å². The van der Waals surface area contributed by atoms with E-state index >= 15 is 0 Å². The fourth-order valence-corrected chi connectivity index (χ4v) is 3.23. The Labute approximate surface area is 123 Å². The van der Waals surface area contributed by atoms with E-state index < -0.39 is 0 Å². The number of nitrogens with zero attached hydrogens (tertiary/aromatic N) is 5. The topological polar surface area (TPSA) is 70.2 Å². The first kappa shape index (κ1) is 12.7. The molecular formula is C14H18N6O. The van der Waals surface area contributed by atoms with E-state index in [4.69, 9.17) is 4.74 Å². The highest BCUT2D eigenvalue weighted by Crippen LogP contribution is 2.27. The number of hydrogen-bond acceptors (Lipinski definition) is 6. The molecule has 2 aliphatic rings. The van der Waals surface area contributed by atoms with E-state index in [0.717, 1.165) is 44.3 Å². The molecule has 0 bridgehead atoms. The molecule has 2 saturated heterocycles. The van der Waals surface area contributed by atoms with Crippen LogP contribution in [0.25, 0.3) is 0 Å². The Morgan fingerprint density at radius 1 is 1.29 bits per heavy atom. The lowest BCUT2D eigenvalue weighted by molar-refractivity contribution is 0.0303. The van der Waals surface area contributed by atoms with Gasteiger partial charge in [0.15, 0.2) is 0 Å². The lowest BCUT2D eigenvalue weighted by Gasteiger charge is -2.37. The number of ether oxygens (including phenoxy) is 1. The minimum atomic E-state index is 0.240. The third-order valence-corrected chi connectivity index (χ3v) is 4.17. The van der Waals surface area contributed by atoms with E-state index in [1.54, 1.807) is 18.6 Å². The Hall–Kier alpha value is -1.99. The monoisotopic (exact) mass is 286 g/mol. The number of rotatable bonds is 3. The van der Waals surface area contributed by atoms with Crippen molar-refractivity contribution in [3.63, 3.8) is 0 Å². The Morgan fingerprint density at radius 2 is 2.29 bits per heavy atom. The summed E-state index contributed by atoms with van der Waals surface area (Å²) in [5.74, 6) is 0.944. The molecule has 2 aliphatic heterocycles. The second kappa shape index (κ2) is 5.42. The van der Waals surface area contributed by atoms with Crippen molar-refractivity contribution in [3.8, 4) is 0 Å². The van der Waals surface area contributed by atoms with Gasteiger partial charge in [-0.15, -0.1) is 0 Å². The zero-order valence-corrected chi connectivity index (χ0v) is 11.7. The van der Waals surface area contributed by atoms with Crippen LogP contribution in [0, 0.1) is 0 Å². The molecule has 21 heavy (non-hydrogen) atoms. The van der Waals surface area contributed by atoms with Gasteiger partial charge in [-0.3, -0.25) is 15.0 Å². The average Bonchev–Trinajstić information content (AvgIpc) is 3.17. The first-order valence-electron chi connectivity index (χ1n) is 7.25. The molecule has 110 valence electrons. The number of morpholine rings is 1. The van der Waals surface area contributed by atoms with Gasteiger partial charge in [0.1, 0.15) is 5.82 Å². The Morgan fingerprint density at radius 3 is 3.10 bits per heavy atom. The number of anilines is 1. The molecule has 1 N–H and O–H groups in total. The fourth-order valence-electron chi connectivity index (χ4n) is 3.23. The summed E-state index contributed by atoms with van der Waals surface area (Å²) in [6.07, 6.45) is 7.32. The van der Waals surface area contributed by atoms with Crippen molar-refractivity contribution in [2.24, 2.45) is 0 Å². The number of hydrogen-bond donors (Lipinski definition) is 1. The highest BCUT2D eigenvalue weighted by atomic mass is 16.5. The van der Waals surface area contributed by atoms with E-state index in [1.807, 2.05) is 12.3 Å². The van der Waals surface area contributed by atoms with Crippen LogP contribution in [0.2, 0.25) is 0 Å². The normalized spacial score (nSPS) is 26.0. The van der Waals surface area contributed by atoms with Gasteiger partial charge in [-0.2, -0.15) is 5.10 Å². The molecule has 2 atom stereocenters. The molecule has 4 heterocycles. The quantitative estimate of drug-likeness (QED) is 0.874. The van der Waals surface area contributed by atoms with Crippen molar-refractivity contribution in [2.45, 2.75) is 18.7 Å². The maximum Gasteiger partial charge on any atom is 0.147 e. The smallest absolute Gasteiger partial charge is 0.147 e. The molecule has 0 amide bonds. The molecule has 0 radical (unpaired) electrons. The van der Waals surface area contributed by atoms with E-state index in [0.29, 0.717) is 6.04 Å². The van der Waals surface area contributed by atoms with E-state index in [2.05, 4.69) is 30.0 Å². The predicted octanol–water partition coefficient (Wildman–Crippen LogP) is 0.289. The number of nitrogens with one attached hydrogen (secondary N) is 1. The highest BCUT2D eigenvalue weighted by molar-refractivity contribution is 5.39. The van der Waals surface area contributed by atoms with Gasteiger partial charge < -0.3 is 9.64 Å². The maximum atomic E-state index is 5.95. The second-order valence-electron chi connectivity index (χ2n) is 5.51. The van der Waals surface area contributed by atoms with Crippen LogP contribution >= 0.6 is 0 Å². The van der Waals surface area contributed by atoms with Crippen LogP contribution in [0.1, 0.15) is 5.69 Å². The van der Waals surface area contributed by atoms with Gasteiger partial charge >= 0.3 is 0 Å². The molecule has 2 aromatic heterocycles. The summed E-state index contributed by atoms with van der Waals surface area (Å²) in [7, 11) is 0. The summed E-state index contributed by atoms with van der Waals surface area (Å²) >= 11 is 0.